The van der Waals surface area contributed by atoms with Crippen molar-refractivity contribution in [3.05, 3.63) is 17.0 Å². The van der Waals surface area contributed by atoms with Crippen LogP contribution >= 0.6 is 0 Å². The van der Waals surface area contributed by atoms with Gasteiger partial charge in [0.2, 0.25) is 0 Å². The summed E-state index contributed by atoms with van der Waals surface area (Å²) in [5.41, 5.74) is 0.978. The highest BCUT2D eigenvalue weighted by Gasteiger charge is 2.18. The largest absolute Gasteiger partial charge is 0.468 e. The molecule has 1 rings (SSSR count). The molecule has 0 saturated carbocycles. The summed E-state index contributed by atoms with van der Waals surface area (Å²) in [5.74, 6) is -0.323. The zero-order valence-electron chi connectivity index (χ0n) is 9.49. The fourth-order valence-electron chi connectivity index (χ4n) is 1.29. The van der Waals surface area contributed by atoms with Crippen LogP contribution in [0.4, 0.5) is 0 Å². The zero-order valence-corrected chi connectivity index (χ0v) is 9.49. The second kappa shape index (κ2) is 5.29. The quantitative estimate of drug-likeness (QED) is 0.754. The summed E-state index contributed by atoms with van der Waals surface area (Å²) in [7, 11) is 1.26. The molecule has 16 heavy (non-hydrogen) atoms. The van der Waals surface area contributed by atoms with Gasteiger partial charge in [-0.2, -0.15) is 0 Å². The van der Waals surface area contributed by atoms with Gasteiger partial charge in [-0.3, -0.25) is 9.59 Å². The number of nitrogens with one attached hydrogen (secondary N) is 1. The van der Waals surface area contributed by atoms with E-state index in [1.54, 1.807) is 6.92 Å². The summed E-state index contributed by atoms with van der Waals surface area (Å²) in [4.78, 5) is 22.4. The van der Waals surface area contributed by atoms with Crippen LogP contribution in [0, 0.1) is 6.92 Å². The van der Waals surface area contributed by atoms with Crippen LogP contribution in [0.15, 0.2) is 4.52 Å². The smallest absolute Gasteiger partial charge is 0.325 e. The summed E-state index contributed by atoms with van der Waals surface area (Å²) < 4.78 is 9.31. The minimum absolute atomic E-state index is 0.176. The van der Waals surface area contributed by atoms with Gasteiger partial charge < -0.3 is 14.6 Å². The molecule has 0 spiro atoms. The van der Waals surface area contributed by atoms with E-state index < -0.39 is 11.9 Å². The highest BCUT2D eigenvalue weighted by atomic mass is 16.5. The van der Waals surface area contributed by atoms with Gasteiger partial charge in [-0.1, -0.05) is 12.1 Å². The molecule has 0 aliphatic heterocycles. The predicted molar refractivity (Wildman–Crippen MR) is 55.0 cm³/mol. The van der Waals surface area contributed by atoms with Crippen molar-refractivity contribution in [2.75, 3.05) is 13.7 Å². The van der Waals surface area contributed by atoms with Crippen molar-refractivity contribution in [2.24, 2.45) is 0 Å². The minimum atomic E-state index is -0.508. The highest BCUT2D eigenvalue weighted by Crippen LogP contribution is 2.13. The second-order valence-electron chi connectivity index (χ2n) is 3.18. The van der Waals surface area contributed by atoms with Gasteiger partial charge in [0.05, 0.1) is 7.11 Å². The Morgan fingerprint density at radius 1 is 1.50 bits per heavy atom. The van der Waals surface area contributed by atoms with Crippen molar-refractivity contribution >= 4 is 11.9 Å². The molecule has 0 unspecified atom stereocenters. The highest BCUT2D eigenvalue weighted by molar-refractivity contribution is 5.95. The van der Waals surface area contributed by atoms with E-state index in [1.165, 1.54) is 7.11 Å². The van der Waals surface area contributed by atoms with Crippen molar-refractivity contribution in [3.63, 3.8) is 0 Å². The Morgan fingerprint density at radius 2 is 2.19 bits per heavy atom. The van der Waals surface area contributed by atoms with Crippen LogP contribution in [0.1, 0.15) is 28.7 Å². The number of amides is 1. The third-order valence-electron chi connectivity index (χ3n) is 2.17. The molecule has 0 aromatic carbocycles. The molecule has 1 heterocycles. The maximum Gasteiger partial charge on any atom is 0.325 e. The molecule has 0 bridgehead atoms. The first-order valence-corrected chi connectivity index (χ1v) is 4.90. The minimum Gasteiger partial charge on any atom is -0.468 e. The number of aromatic nitrogens is 1. The molecule has 0 fully saturated rings. The average Bonchev–Trinajstić information content (AvgIpc) is 2.66. The maximum atomic E-state index is 11.6. The van der Waals surface area contributed by atoms with E-state index in [2.05, 4.69) is 15.2 Å². The number of carbonyl (C=O) groups excluding carboxylic acids is 2. The van der Waals surface area contributed by atoms with E-state index in [4.69, 9.17) is 4.52 Å². The Morgan fingerprint density at radius 3 is 2.75 bits per heavy atom. The molecule has 1 N–H and O–H groups in total. The van der Waals surface area contributed by atoms with Gasteiger partial charge in [0, 0.05) is 5.56 Å². The Bertz CT molecular complexity index is 398. The molecule has 1 amide bonds. The number of aryl methyl sites for hydroxylation is 1. The third kappa shape index (κ3) is 2.59. The molecule has 6 heteroatoms. The first kappa shape index (κ1) is 12.2. The van der Waals surface area contributed by atoms with Crippen molar-refractivity contribution in [2.45, 2.75) is 20.3 Å². The number of nitrogens with zero attached hydrogens (tertiary/aromatic N) is 1. The van der Waals surface area contributed by atoms with Crippen LogP contribution in [0.5, 0.6) is 0 Å². The van der Waals surface area contributed by atoms with Crippen LogP contribution in [0.25, 0.3) is 0 Å². The van der Waals surface area contributed by atoms with E-state index in [-0.39, 0.29) is 12.2 Å². The summed E-state index contributed by atoms with van der Waals surface area (Å²) in [6.45, 7) is 3.46. The molecule has 88 valence electrons. The standard InChI is InChI=1S/C10H14N2O4/c1-4-7-6(2)16-12-9(7)10(14)11-5-8(13)15-3/h4-5H2,1-3H3,(H,11,14). The lowest BCUT2D eigenvalue weighted by Crippen LogP contribution is -2.30. The molecule has 6 nitrogen and oxygen atoms in total. The molecule has 0 atom stereocenters. The Labute approximate surface area is 92.9 Å². The van der Waals surface area contributed by atoms with Crippen molar-refractivity contribution in [1.82, 2.24) is 10.5 Å². The molecule has 0 radical (unpaired) electrons. The number of rotatable bonds is 4. The monoisotopic (exact) mass is 226 g/mol. The van der Waals surface area contributed by atoms with Crippen LogP contribution in [-0.4, -0.2) is 30.7 Å². The van der Waals surface area contributed by atoms with Crippen LogP contribution < -0.4 is 5.32 Å². The number of ether oxygens (including phenoxy) is 1. The first-order valence-electron chi connectivity index (χ1n) is 4.90. The summed E-state index contributed by atoms with van der Waals surface area (Å²) >= 11 is 0. The topological polar surface area (TPSA) is 81.4 Å². The van der Waals surface area contributed by atoms with E-state index >= 15 is 0 Å². The molecule has 1 aromatic heterocycles. The zero-order chi connectivity index (χ0) is 12.1. The first-order chi connectivity index (χ1) is 7.60. The number of carbonyl (C=O) groups is 2. The van der Waals surface area contributed by atoms with E-state index in [0.717, 1.165) is 5.56 Å². The van der Waals surface area contributed by atoms with Gasteiger partial charge >= 0.3 is 5.97 Å². The predicted octanol–water partition coefficient (Wildman–Crippen LogP) is 0.448. The summed E-state index contributed by atoms with van der Waals surface area (Å²) in [5, 5.41) is 6.05. The number of hydrogen-bond donors (Lipinski definition) is 1. The van der Waals surface area contributed by atoms with Crippen LogP contribution in [0.3, 0.4) is 0 Å². The summed E-state index contributed by atoms with van der Waals surface area (Å²) in [6, 6.07) is 0. The Hall–Kier alpha value is -1.85. The maximum absolute atomic E-state index is 11.6. The second-order valence-corrected chi connectivity index (χ2v) is 3.18. The molecule has 0 aliphatic rings. The molecular formula is C10H14N2O4. The molecule has 1 aromatic rings. The van der Waals surface area contributed by atoms with Crippen LogP contribution in [0.2, 0.25) is 0 Å². The van der Waals surface area contributed by atoms with Crippen molar-refractivity contribution < 1.29 is 18.8 Å². The lowest BCUT2D eigenvalue weighted by Gasteiger charge is -2.02. The van der Waals surface area contributed by atoms with E-state index in [9.17, 15) is 9.59 Å². The van der Waals surface area contributed by atoms with E-state index in [0.29, 0.717) is 12.2 Å². The fourth-order valence-corrected chi connectivity index (χ4v) is 1.29. The normalized spacial score (nSPS) is 9.94. The van der Waals surface area contributed by atoms with Gasteiger partial charge in [-0.15, -0.1) is 0 Å². The number of methoxy groups -OCH3 is 1. The van der Waals surface area contributed by atoms with Gasteiger partial charge in [0.15, 0.2) is 5.69 Å². The molecular weight excluding hydrogens is 212 g/mol. The number of esters is 1. The van der Waals surface area contributed by atoms with E-state index in [1.807, 2.05) is 6.92 Å². The van der Waals surface area contributed by atoms with Gasteiger partial charge in [-0.05, 0) is 13.3 Å². The van der Waals surface area contributed by atoms with Crippen molar-refractivity contribution in [1.29, 1.82) is 0 Å². The van der Waals surface area contributed by atoms with Gasteiger partial charge in [0.25, 0.3) is 5.91 Å². The van der Waals surface area contributed by atoms with Gasteiger partial charge in [0.1, 0.15) is 12.3 Å². The fraction of sp³-hybridized carbons (Fsp3) is 0.500. The Kier molecular flexibility index (Phi) is 4.04. The third-order valence-corrected chi connectivity index (χ3v) is 2.17. The van der Waals surface area contributed by atoms with Crippen LogP contribution in [-0.2, 0) is 16.0 Å². The molecule has 0 aliphatic carbocycles. The van der Waals surface area contributed by atoms with Gasteiger partial charge in [-0.25, -0.2) is 0 Å². The van der Waals surface area contributed by atoms with Crippen molar-refractivity contribution in [3.8, 4) is 0 Å². The lowest BCUT2D eigenvalue weighted by molar-refractivity contribution is -0.139. The average molecular weight is 226 g/mol. The Balaban J connectivity index is 2.69. The summed E-state index contributed by atoms with van der Waals surface area (Å²) in [6.07, 6.45) is 0.649. The lowest BCUT2D eigenvalue weighted by atomic mass is 10.1. The SMILES string of the molecule is CCc1c(C(=O)NCC(=O)OC)noc1C. The molecule has 0 saturated heterocycles. The number of hydrogen-bond acceptors (Lipinski definition) is 5.